The Morgan fingerprint density at radius 2 is 2.22 bits per heavy atom. The van der Waals surface area contributed by atoms with Crippen LogP contribution in [-0.4, -0.2) is 28.6 Å². The summed E-state index contributed by atoms with van der Waals surface area (Å²) in [4.78, 5) is 17.3. The summed E-state index contributed by atoms with van der Waals surface area (Å²) >= 11 is 1.54. The Hall–Kier alpha value is -1.10. The van der Waals surface area contributed by atoms with Crippen LogP contribution in [-0.2, 0) is 11.2 Å². The number of carboxylic acids is 1. The molecule has 0 fully saturated rings. The van der Waals surface area contributed by atoms with Crippen molar-refractivity contribution in [2.75, 3.05) is 11.4 Å². The van der Waals surface area contributed by atoms with Crippen molar-refractivity contribution >= 4 is 22.4 Å². The molecule has 0 atom stereocenters. The summed E-state index contributed by atoms with van der Waals surface area (Å²) < 4.78 is 0. The quantitative estimate of drug-likeness (QED) is 0.737. The summed E-state index contributed by atoms with van der Waals surface area (Å²) in [6, 6.07) is 0.394. The van der Waals surface area contributed by atoms with Gasteiger partial charge in [-0.3, -0.25) is 4.79 Å². The molecule has 1 rings (SSSR count). The van der Waals surface area contributed by atoms with E-state index in [2.05, 4.69) is 30.7 Å². The number of nitrogens with zero attached hydrogens (tertiary/aromatic N) is 2. The van der Waals surface area contributed by atoms with Crippen LogP contribution in [0.3, 0.4) is 0 Å². The molecular formula is C13H22N2O2S. The van der Waals surface area contributed by atoms with Crippen LogP contribution in [0.1, 0.15) is 45.7 Å². The standard InChI is InChI=1S/C13H22N2O2S/c1-4-5-6-7-15(10(2)3)13-14-11(9-18-13)8-12(16)17/h9-10H,4-8H2,1-3H3,(H,16,17). The molecule has 0 bridgehead atoms. The van der Waals surface area contributed by atoms with Crippen LogP contribution in [0.2, 0.25) is 0 Å². The first kappa shape index (κ1) is 15.0. The van der Waals surface area contributed by atoms with Gasteiger partial charge in [0.15, 0.2) is 5.13 Å². The maximum atomic E-state index is 10.6. The molecule has 0 saturated carbocycles. The molecule has 0 unspecified atom stereocenters. The number of carboxylic acid groups (broad SMARTS) is 1. The van der Waals surface area contributed by atoms with Gasteiger partial charge in [0.2, 0.25) is 0 Å². The van der Waals surface area contributed by atoms with Gasteiger partial charge >= 0.3 is 5.97 Å². The zero-order valence-corrected chi connectivity index (χ0v) is 12.2. The molecule has 0 radical (unpaired) electrons. The number of aromatic nitrogens is 1. The number of unbranched alkanes of at least 4 members (excludes halogenated alkanes) is 2. The van der Waals surface area contributed by atoms with Crippen LogP contribution >= 0.6 is 11.3 Å². The van der Waals surface area contributed by atoms with E-state index in [9.17, 15) is 4.79 Å². The molecule has 0 spiro atoms. The van der Waals surface area contributed by atoms with Gasteiger partial charge in [0.05, 0.1) is 12.1 Å². The van der Waals surface area contributed by atoms with E-state index in [1.807, 2.05) is 5.38 Å². The van der Waals surface area contributed by atoms with Gasteiger partial charge in [0, 0.05) is 18.0 Å². The van der Waals surface area contributed by atoms with E-state index in [-0.39, 0.29) is 6.42 Å². The molecule has 1 heterocycles. The first-order chi connectivity index (χ1) is 8.54. The number of hydrogen-bond donors (Lipinski definition) is 1. The number of anilines is 1. The molecule has 1 N–H and O–H groups in total. The molecule has 102 valence electrons. The van der Waals surface area contributed by atoms with Gasteiger partial charge in [-0.05, 0) is 20.3 Å². The van der Waals surface area contributed by atoms with E-state index in [0.29, 0.717) is 11.7 Å². The zero-order chi connectivity index (χ0) is 13.5. The van der Waals surface area contributed by atoms with Crippen molar-refractivity contribution in [2.24, 2.45) is 0 Å². The van der Waals surface area contributed by atoms with Crippen LogP contribution < -0.4 is 4.90 Å². The van der Waals surface area contributed by atoms with E-state index in [0.717, 1.165) is 18.1 Å². The van der Waals surface area contributed by atoms with E-state index in [1.54, 1.807) is 0 Å². The third-order valence-corrected chi connectivity index (χ3v) is 3.67. The lowest BCUT2D eigenvalue weighted by atomic mass is 10.2. The largest absolute Gasteiger partial charge is 0.481 e. The average Bonchev–Trinajstić information content (AvgIpc) is 2.71. The second-order valence-corrected chi connectivity index (χ2v) is 5.52. The van der Waals surface area contributed by atoms with Gasteiger partial charge in [0.1, 0.15) is 0 Å². The smallest absolute Gasteiger partial charge is 0.309 e. The SMILES string of the molecule is CCCCCN(c1nc(CC(=O)O)cs1)C(C)C. The van der Waals surface area contributed by atoms with Crippen LogP contribution in [0.4, 0.5) is 5.13 Å². The molecule has 4 nitrogen and oxygen atoms in total. The lowest BCUT2D eigenvalue weighted by Gasteiger charge is -2.26. The molecule has 1 aromatic rings. The summed E-state index contributed by atoms with van der Waals surface area (Å²) in [5.41, 5.74) is 0.656. The van der Waals surface area contributed by atoms with Crippen LogP contribution in [0.25, 0.3) is 0 Å². The van der Waals surface area contributed by atoms with E-state index < -0.39 is 5.97 Å². The average molecular weight is 270 g/mol. The fraction of sp³-hybridized carbons (Fsp3) is 0.692. The predicted molar refractivity (Wildman–Crippen MR) is 75.5 cm³/mol. The highest BCUT2D eigenvalue weighted by Crippen LogP contribution is 2.23. The normalized spacial score (nSPS) is 10.9. The first-order valence-corrected chi connectivity index (χ1v) is 7.35. The number of carbonyl (C=O) groups is 1. The second-order valence-electron chi connectivity index (χ2n) is 4.69. The van der Waals surface area contributed by atoms with Gasteiger partial charge in [-0.15, -0.1) is 11.3 Å². The molecule has 0 saturated heterocycles. The third kappa shape index (κ3) is 4.64. The highest BCUT2D eigenvalue weighted by Gasteiger charge is 2.15. The van der Waals surface area contributed by atoms with Crippen molar-refractivity contribution in [1.29, 1.82) is 0 Å². The molecule has 5 heteroatoms. The van der Waals surface area contributed by atoms with Crippen LogP contribution in [0.5, 0.6) is 0 Å². The number of hydrogen-bond acceptors (Lipinski definition) is 4. The third-order valence-electron chi connectivity index (χ3n) is 2.74. The van der Waals surface area contributed by atoms with Crippen molar-refractivity contribution in [3.63, 3.8) is 0 Å². The zero-order valence-electron chi connectivity index (χ0n) is 11.3. The Kier molecular flexibility index (Phi) is 6.12. The van der Waals surface area contributed by atoms with E-state index >= 15 is 0 Å². The Bertz CT molecular complexity index is 377. The summed E-state index contributed by atoms with van der Waals surface area (Å²) in [5, 5.41) is 11.5. The summed E-state index contributed by atoms with van der Waals surface area (Å²) in [6.07, 6.45) is 3.59. The van der Waals surface area contributed by atoms with E-state index in [4.69, 9.17) is 5.11 Å². The Morgan fingerprint density at radius 3 is 2.78 bits per heavy atom. The predicted octanol–water partition coefficient (Wildman–Crippen LogP) is 3.18. The lowest BCUT2D eigenvalue weighted by molar-refractivity contribution is -0.136. The minimum absolute atomic E-state index is 0.0113. The maximum absolute atomic E-state index is 10.6. The van der Waals surface area contributed by atoms with Gasteiger partial charge < -0.3 is 10.0 Å². The first-order valence-electron chi connectivity index (χ1n) is 6.47. The van der Waals surface area contributed by atoms with Gasteiger partial charge in [-0.25, -0.2) is 4.98 Å². The summed E-state index contributed by atoms with van der Waals surface area (Å²) in [7, 11) is 0. The summed E-state index contributed by atoms with van der Waals surface area (Å²) in [6.45, 7) is 7.47. The minimum atomic E-state index is -0.825. The number of aliphatic carboxylic acids is 1. The number of thiazole rings is 1. The maximum Gasteiger partial charge on any atom is 0.309 e. The summed E-state index contributed by atoms with van der Waals surface area (Å²) in [5.74, 6) is -0.825. The van der Waals surface area contributed by atoms with Crippen LogP contribution in [0.15, 0.2) is 5.38 Å². The fourth-order valence-electron chi connectivity index (χ4n) is 1.77. The highest BCUT2D eigenvalue weighted by molar-refractivity contribution is 7.13. The highest BCUT2D eigenvalue weighted by atomic mass is 32.1. The van der Waals surface area contributed by atoms with Gasteiger partial charge in [0.25, 0.3) is 0 Å². The Labute approximate surface area is 113 Å². The van der Waals surface area contributed by atoms with Gasteiger partial charge in [-0.1, -0.05) is 19.8 Å². The minimum Gasteiger partial charge on any atom is -0.481 e. The molecule has 0 aliphatic heterocycles. The topological polar surface area (TPSA) is 53.4 Å². The van der Waals surface area contributed by atoms with Gasteiger partial charge in [-0.2, -0.15) is 0 Å². The molecular weight excluding hydrogens is 248 g/mol. The molecule has 0 aliphatic carbocycles. The molecule has 0 amide bonds. The molecule has 0 aromatic carbocycles. The van der Waals surface area contributed by atoms with Crippen molar-refractivity contribution in [3.05, 3.63) is 11.1 Å². The van der Waals surface area contributed by atoms with Crippen molar-refractivity contribution in [3.8, 4) is 0 Å². The Morgan fingerprint density at radius 1 is 1.50 bits per heavy atom. The van der Waals surface area contributed by atoms with Crippen molar-refractivity contribution in [2.45, 2.75) is 52.5 Å². The monoisotopic (exact) mass is 270 g/mol. The molecule has 1 aromatic heterocycles. The second kappa shape index (κ2) is 7.36. The van der Waals surface area contributed by atoms with Crippen molar-refractivity contribution < 1.29 is 9.90 Å². The number of rotatable bonds is 8. The Balaban J connectivity index is 2.67. The van der Waals surface area contributed by atoms with E-state index in [1.165, 1.54) is 24.2 Å². The lowest BCUT2D eigenvalue weighted by Crippen LogP contribution is -2.31. The van der Waals surface area contributed by atoms with Crippen molar-refractivity contribution in [1.82, 2.24) is 4.98 Å². The molecule has 18 heavy (non-hydrogen) atoms. The van der Waals surface area contributed by atoms with Crippen LogP contribution in [0, 0.1) is 0 Å². The molecule has 0 aliphatic rings. The fourth-order valence-corrected chi connectivity index (χ4v) is 2.76.